The average molecular weight is 754 g/mol. The van der Waals surface area contributed by atoms with Crippen molar-refractivity contribution >= 4 is 27.6 Å². The molecule has 2 N–H and O–H groups in total. The van der Waals surface area contributed by atoms with E-state index in [1.807, 2.05) is 0 Å². The number of hydrogen-bond acceptors (Lipinski definition) is 10. The first kappa shape index (κ1) is 38.3. The Labute approximate surface area is 295 Å². The van der Waals surface area contributed by atoms with Gasteiger partial charge in [-0.3, -0.25) is 9.52 Å². The van der Waals surface area contributed by atoms with E-state index in [0.29, 0.717) is 0 Å². The number of fused-ring (bicyclic) bond motifs is 6. The number of carboxylic acids is 1. The van der Waals surface area contributed by atoms with Crippen LogP contribution in [0.25, 0.3) is 17.1 Å². The molecule has 1 aliphatic rings. The first-order valence-electron chi connectivity index (χ1n) is 15.9. The highest BCUT2D eigenvalue weighted by Gasteiger charge is 2.48. The van der Waals surface area contributed by atoms with Gasteiger partial charge >= 0.3 is 12.1 Å². The van der Waals surface area contributed by atoms with Crippen LogP contribution in [0.1, 0.15) is 39.7 Å². The van der Waals surface area contributed by atoms with E-state index in [0.717, 1.165) is 30.8 Å². The molecule has 280 valence electrons. The minimum Gasteiger partial charge on any atom is -0.481 e. The number of ether oxygens (including phenoxy) is 2. The maximum absolute atomic E-state index is 15.9. The van der Waals surface area contributed by atoms with Crippen LogP contribution in [0.5, 0.6) is 5.88 Å². The number of aliphatic carboxylic acids is 1. The largest absolute Gasteiger partial charge is 0.481 e. The molecule has 0 aliphatic carbocycles. The van der Waals surface area contributed by atoms with Crippen molar-refractivity contribution in [3.8, 4) is 23.0 Å². The van der Waals surface area contributed by atoms with Crippen LogP contribution in [0, 0.1) is 10.8 Å². The van der Waals surface area contributed by atoms with E-state index in [1.54, 1.807) is 4.90 Å². The first-order chi connectivity index (χ1) is 24.2. The van der Waals surface area contributed by atoms with Crippen LogP contribution in [0.15, 0.2) is 66.0 Å². The molecule has 52 heavy (non-hydrogen) atoms. The number of alkyl halides is 5. The lowest BCUT2D eigenvalue weighted by atomic mass is 9.93. The molecule has 0 atom stereocenters. The maximum Gasteiger partial charge on any atom is 0.397 e. The molecular weight excluding hydrogens is 717 g/mol. The summed E-state index contributed by atoms with van der Waals surface area (Å²) in [6.45, 7) is 2.91. The molecule has 3 aromatic heterocycles. The molecule has 4 heterocycles. The SMILES string of the molecule is CC(C)(CN1CCCOCC(F)(F)c2ccccc2-c2nc(cnc2-n2ccc(OCC(C)(C)C(F)(F)F)n2)NS(=O)(=O)c2cccc1n2)C(=O)O. The number of benzene rings is 1. The van der Waals surface area contributed by atoms with Crippen molar-refractivity contribution in [2.24, 2.45) is 10.8 Å². The van der Waals surface area contributed by atoms with E-state index in [1.165, 1.54) is 62.5 Å². The molecular formula is C33H36F5N7O6S. The Kier molecular flexibility index (Phi) is 10.5. The van der Waals surface area contributed by atoms with Gasteiger partial charge in [-0.15, -0.1) is 5.10 Å². The van der Waals surface area contributed by atoms with Crippen LogP contribution < -0.4 is 14.4 Å². The lowest BCUT2D eigenvalue weighted by Gasteiger charge is -2.31. The third-order valence-electron chi connectivity index (χ3n) is 8.17. The maximum atomic E-state index is 15.9. The Balaban J connectivity index is 1.60. The predicted octanol–water partition coefficient (Wildman–Crippen LogP) is 5.92. The van der Waals surface area contributed by atoms with E-state index in [2.05, 4.69) is 24.8 Å². The highest BCUT2D eigenvalue weighted by atomic mass is 32.2. The van der Waals surface area contributed by atoms with Crippen LogP contribution in [0.4, 0.5) is 33.6 Å². The van der Waals surface area contributed by atoms with Gasteiger partial charge in [0.05, 0.1) is 17.0 Å². The zero-order chi connectivity index (χ0) is 38.1. The number of nitrogens with one attached hydrogen (secondary N) is 1. The highest BCUT2D eigenvalue weighted by molar-refractivity contribution is 7.92. The van der Waals surface area contributed by atoms with Crippen LogP contribution >= 0.6 is 0 Å². The molecule has 5 rings (SSSR count). The minimum absolute atomic E-state index is 0.0909. The Hall–Kier alpha value is -4.91. The quantitative estimate of drug-likeness (QED) is 0.216. The molecule has 0 unspecified atom stereocenters. The third kappa shape index (κ3) is 8.41. The number of sulfonamides is 1. The van der Waals surface area contributed by atoms with E-state index < -0.39 is 62.7 Å². The second kappa shape index (κ2) is 14.3. The van der Waals surface area contributed by atoms with E-state index in [4.69, 9.17) is 9.47 Å². The number of pyridine rings is 1. The van der Waals surface area contributed by atoms with Crippen molar-refractivity contribution in [1.29, 1.82) is 0 Å². The van der Waals surface area contributed by atoms with Gasteiger partial charge in [-0.05, 0) is 46.2 Å². The molecule has 19 heteroatoms. The lowest BCUT2D eigenvalue weighted by molar-refractivity contribution is -0.219. The fourth-order valence-corrected chi connectivity index (χ4v) is 5.95. The highest BCUT2D eigenvalue weighted by Crippen LogP contribution is 2.39. The van der Waals surface area contributed by atoms with Crippen LogP contribution in [0.3, 0.4) is 0 Å². The minimum atomic E-state index is -4.57. The molecule has 0 radical (unpaired) electrons. The van der Waals surface area contributed by atoms with Gasteiger partial charge < -0.3 is 19.5 Å². The van der Waals surface area contributed by atoms with Crippen molar-refractivity contribution in [3.05, 3.63) is 66.5 Å². The molecule has 0 fully saturated rings. The van der Waals surface area contributed by atoms with Crippen LogP contribution in [-0.2, 0) is 25.5 Å². The summed E-state index contributed by atoms with van der Waals surface area (Å²) in [4.78, 5) is 26.4. The topological polar surface area (TPSA) is 162 Å². The molecule has 0 saturated heterocycles. The van der Waals surface area contributed by atoms with Gasteiger partial charge in [0.1, 0.15) is 24.7 Å². The third-order valence-corrected chi connectivity index (χ3v) is 9.43. The number of anilines is 2. The molecule has 4 bridgehead atoms. The zero-order valence-corrected chi connectivity index (χ0v) is 29.3. The summed E-state index contributed by atoms with van der Waals surface area (Å²) in [5.74, 6) is -5.38. The van der Waals surface area contributed by atoms with Crippen molar-refractivity contribution in [2.75, 3.05) is 42.5 Å². The lowest BCUT2D eigenvalue weighted by Crippen LogP contribution is -2.40. The number of halogens is 5. The van der Waals surface area contributed by atoms with Gasteiger partial charge in [-0.1, -0.05) is 30.3 Å². The van der Waals surface area contributed by atoms with Gasteiger partial charge in [-0.25, -0.2) is 19.6 Å². The number of nitrogens with zero attached hydrogens (tertiary/aromatic N) is 6. The monoisotopic (exact) mass is 753 g/mol. The molecule has 13 nitrogen and oxygen atoms in total. The Morgan fingerprint density at radius 2 is 1.79 bits per heavy atom. The summed E-state index contributed by atoms with van der Waals surface area (Å²) < 4.78 is 113. The number of carboxylic acid groups (broad SMARTS) is 1. The molecule has 0 saturated carbocycles. The van der Waals surface area contributed by atoms with E-state index in [-0.39, 0.29) is 60.7 Å². The van der Waals surface area contributed by atoms with Gasteiger partial charge in [-0.2, -0.15) is 30.4 Å². The molecule has 1 aromatic carbocycles. The normalized spacial score (nSPS) is 16.7. The van der Waals surface area contributed by atoms with Crippen molar-refractivity contribution in [3.63, 3.8) is 0 Å². The smallest absolute Gasteiger partial charge is 0.397 e. The first-order valence-corrected chi connectivity index (χ1v) is 17.3. The van der Waals surface area contributed by atoms with E-state index >= 15 is 8.78 Å². The summed E-state index contributed by atoms with van der Waals surface area (Å²) >= 11 is 0. The van der Waals surface area contributed by atoms with Gasteiger partial charge in [0.2, 0.25) is 5.88 Å². The fourth-order valence-electron chi connectivity index (χ4n) is 5.00. The molecule has 1 aliphatic heterocycles. The second-order valence-electron chi connectivity index (χ2n) is 13.4. The summed E-state index contributed by atoms with van der Waals surface area (Å²) in [7, 11) is -4.50. The van der Waals surface area contributed by atoms with Gasteiger partial charge in [0.25, 0.3) is 15.9 Å². The van der Waals surface area contributed by atoms with Crippen molar-refractivity contribution in [2.45, 2.75) is 51.2 Å². The number of aromatic nitrogens is 5. The van der Waals surface area contributed by atoms with Crippen molar-refractivity contribution < 1.29 is 49.7 Å². The number of rotatable bonds is 7. The number of hydrogen-bond donors (Lipinski definition) is 2. The molecule has 4 aromatic rings. The van der Waals surface area contributed by atoms with Crippen LogP contribution in [0.2, 0.25) is 0 Å². The molecule has 0 amide bonds. The Bertz CT molecular complexity index is 2040. The zero-order valence-electron chi connectivity index (χ0n) is 28.5. The summed E-state index contributed by atoms with van der Waals surface area (Å²) in [6.07, 6.45) is -2.12. The van der Waals surface area contributed by atoms with Crippen molar-refractivity contribution in [1.82, 2.24) is 24.7 Å². The van der Waals surface area contributed by atoms with Crippen LogP contribution in [-0.4, -0.2) is 83.3 Å². The molecule has 0 spiro atoms. The van der Waals surface area contributed by atoms with Gasteiger partial charge in [0.15, 0.2) is 16.7 Å². The average Bonchev–Trinajstić information content (AvgIpc) is 3.54. The summed E-state index contributed by atoms with van der Waals surface area (Å²) in [6, 6.07) is 10.7. The second-order valence-corrected chi connectivity index (χ2v) is 15.0. The predicted molar refractivity (Wildman–Crippen MR) is 178 cm³/mol. The summed E-state index contributed by atoms with van der Waals surface area (Å²) in [5.41, 5.74) is -4.46. The number of carbonyl (C=O) groups is 1. The summed E-state index contributed by atoms with van der Waals surface area (Å²) in [5, 5.41) is 13.4. The Morgan fingerprint density at radius 1 is 1.06 bits per heavy atom. The fraction of sp³-hybridized carbons (Fsp3) is 0.424. The van der Waals surface area contributed by atoms with E-state index in [9.17, 15) is 31.5 Å². The van der Waals surface area contributed by atoms with Gasteiger partial charge in [0, 0.05) is 43.1 Å². The Morgan fingerprint density at radius 3 is 2.50 bits per heavy atom. The standard InChI is InChI=1S/C33H36F5N7O6S/c1-30(2,29(46)47)18-44-14-8-16-50-20-32(34,35)22-10-6-5-9-21(22)27-28(45-15-13-25(42-45)51-19-31(3,4)33(36,37)38)39-17-23(40-27)43-52(48,49)26-12-7-11-24(44)41-26/h5-7,9-13,15,17H,8,14,16,18-20H2,1-4H3,(H,40,43)(H,46,47).